The number of Topliss-reactive ketones (excluding diaryl/α,β-unsaturated/α-hetero) is 1. The van der Waals surface area contributed by atoms with Crippen molar-refractivity contribution in [3.05, 3.63) is 59.9 Å². The Morgan fingerprint density at radius 2 is 1.77 bits per heavy atom. The molecule has 0 aliphatic rings. The molecular formula is C23H24N2O5. The Hall–Kier alpha value is -3.61. The Kier molecular flexibility index (Phi) is 5.91. The third-order valence-corrected chi connectivity index (χ3v) is 4.19. The minimum atomic E-state index is -0.640. The molecule has 0 fully saturated rings. The van der Waals surface area contributed by atoms with Crippen molar-refractivity contribution >= 4 is 40.0 Å². The lowest BCUT2D eigenvalue weighted by Gasteiger charge is -2.20. The summed E-state index contributed by atoms with van der Waals surface area (Å²) in [5.41, 5.74) is 1.66. The minimum absolute atomic E-state index is 0.0477. The number of esters is 1. The molecule has 0 saturated heterocycles. The van der Waals surface area contributed by atoms with Crippen LogP contribution in [0.25, 0.3) is 11.0 Å². The lowest BCUT2D eigenvalue weighted by Crippen LogP contribution is -2.24. The van der Waals surface area contributed by atoms with Crippen LogP contribution >= 0.6 is 0 Å². The maximum Gasteiger partial charge on any atom is 0.338 e. The highest BCUT2D eigenvalue weighted by atomic mass is 16.6. The van der Waals surface area contributed by atoms with Crippen LogP contribution in [-0.2, 0) is 9.53 Å². The zero-order valence-electron chi connectivity index (χ0n) is 17.4. The number of ether oxygens (including phenoxy) is 1. The molecule has 0 aliphatic heterocycles. The molecule has 7 nitrogen and oxygen atoms in total. The molecule has 1 amide bonds. The molecule has 3 aromatic rings. The molecule has 30 heavy (non-hydrogen) atoms. The third-order valence-electron chi connectivity index (χ3n) is 4.19. The van der Waals surface area contributed by atoms with E-state index in [-0.39, 0.29) is 18.2 Å². The van der Waals surface area contributed by atoms with Crippen LogP contribution in [0.15, 0.2) is 53.1 Å². The number of anilines is 2. The average Bonchev–Trinajstić information content (AvgIpc) is 3.09. The second-order valence-corrected chi connectivity index (χ2v) is 7.87. The highest BCUT2D eigenvalue weighted by Crippen LogP contribution is 2.26. The average molecular weight is 408 g/mol. The van der Waals surface area contributed by atoms with Crippen LogP contribution in [0.5, 0.6) is 0 Å². The van der Waals surface area contributed by atoms with Crippen LogP contribution in [0.4, 0.5) is 11.4 Å². The molecule has 0 bridgehead atoms. The summed E-state index contributed by atoms with van der Waals surface area (Å²) >= 11 is 0. The maximum atomic E-state index is 12.7. The highest BCUT2D eigenvalue weighted by molar-refractivity contribution is 6.09. The van der Waals surface area contributed by atoms with Crippen molar-refractivity contribution in [3.63, 3.8) is 0 Å². The van der Waals surface area contributed by atoms with E-state index in [2.05, 4.69) is 10.6 Å². The van der Waals surface area contributed by atoms with Gasteiger partial charge in [0.15, 0.2) is 5.78 Å². The summed E-state index contributed by atoms with van der Waals surface area (Å²) in [7, 11) is 0. The normalized spacial score (nSPS) is 11.2. The molecule has 1 heterocycles. The second kappa shape index (κ2) is 8.41. The summed E-state index contributed by atoms with van der Waals surface area (Å²) in [6.45, 7) is 6.68. The fraction of sp³-hybridized carbons (Fsp3) is 0.261. The summed E-state index contributed by atoms with van der Waals surface area (Å²) in [4.78, 5) is 36.7. The Morgan fingerprint density at radius 3 is 2.47 bits per heavy atom. The molecule has 2 N–H and O–H groups in total. The number of ketones is 1. The first kappa shape index (κ1) is 21.1. The second-order valence-electron chi connectivity index (χ2n) is 7.87. The van der Waals surface area contributed by atoms with E-state index in [1.54, 1.807) is 45.0 Å². The smallest absolute Gasteiger partial charge is 0.338 e. The van der Waals surface area contributed by atoms with Crippen LogP contribution in [-0.4, -0.2) is 29.8 Å². The number of carbonyl (C=O) groups is 3. The van der Waals surface area contributed by atoms with Crippen molar-refractivity contribution in [2.75, 3.05) is 17.2 Å². The summed E-state index contributed by atoms with van der Waals surface area (Å²) in [6, 6.07) is 12.0. The molecule has 0 unspecified atom stereocenters. The Bertz CT molecular complexity index is 1110. The molecule has 1 aromatic heterocycles. The maximum absolute atomic E-state index is 12.7. The van der Waals surface area contributed by atoms with Crippen molar-refractivity contribution < 1.29 is 23.5 Å². The van der Waals surface area contributed by atoms with Crippen molar-refractivity contribution in [3.8, 4) is 0 Å². The SMILES string of the molecule is CC(=O)Nc1ccc(C(=O)OC(C)(C)C)cc1NCC(=O)c1coc2ccccc12. The summed E-state index contributed by atoms with van der Waals surface area (Å²) in [5, 5.41) is 6.44. The third kappa shape index (κ3) is 5.05. The number of furan rings is 1. The quantitative estimate of drug-likeness (QED) is 0.455. The van der Waals surface area contributed by atoms with Crippen LogP contribution in [0.1, 0.15) is 48.4 Å². The summed E-state index contributed by atoms with van der Waals surface area (Å²) < 4.78 is 10.8. The molecule has 7 heteroatoms. The predicted octanol–water partition coefficient (Wildman–Crippen LogP) is 4.64. The number of nitrogens with one attached hydrogen (secondary N) is 2. The first-order valence-electron chi connectivity index (χ1n) is 9.52. The lowest BCUT2D eigenvalue weighted by molar-refractivity contribution is -0.114. The van der Waals surface area contributed by atoms with E-state index in [1.165, 1.54) is 13.2 Å². The van der Waals surface area contributed by atoms with Gasteiger partial charge in [0.05, 0.1) is 29.0 Å². The van der Waals surface area contributed by atoms with Gasteiger partial charge in [-0.25, -0.2) is 4.79 Å². The molecular weight excluding hydrogens is 384 g/mol. The molecule has 156 valence electrons. The Morgan fingerprint density at radius 1 is 1.03 bits per heavy atom. The molecule has 0 radical (unpaired) electrons. The number of amides is 1. The summed E-state index contributed by atoms with van der Waals surface area (Å²) in [6.07, 6.45) is 1.43. The lowest BCUT2D eigenvalue weighted by atomic mass is 10.1. The van der Waals surface area contributed by atoms with Gasteiger partial charge in [0, 0.05) is 12.3 Å². The van der Waals surface area contributed by atoms with E-state index >= 15 is 0 Å². The Balaban J connectivity index is 1.83. The van der Waals surface area contributed by atoms with Crippen LogP contribution in [0.2, 0.25) is 0 Å². The number of rotatable bonds is 6. The van der Waals surface area contributed by atoms with Crippen molar-refractivity contribution in [2.45, 2.75) is 33.3 Å². The van der Waals surface area contributed by atoms with Crippen LogP contribution in [0.3, 0.4) is 0 Å². The molecule has 0 atom stereocenters. The van der Waals surface area contributed by atoms with Gasteiger partial charge in [-0.15, -0.1) is 0 Å². The fourth-order valence-electron chi connectivity index (χ4n) is 2.92. The number of carbonyl (C=O) groups excluding carboxylic acids is 3. The van der Waals surface area contributed by atoms with Crippen molar-refractivity contribution in [1.82, 2.24) is 0 Å². The number of hydrogen-bond donors (Lipinski definition) is 2. The largest absolute Gasteiger partial charge is 0.464 e. The number of fused-ring (bicyclic) bond motifs is 1. The van der Waals surface area contributed by atoms with E-state index in [0.717, 1.165) is 5.39 Å². The fourth-order valence-corrected chi connectivity index (χ4v) is 2.92. The van der Waals surface area contributed by atoms with Gasteiger partial charge in [-0.05, 0) is 45.0 Å². The molecule has 2 aromatic carbocycles. The molecule has 0 saturated carbocycles. The van der Waals surface area contributed by atoms with Crippen molar-refractivity contribution in [1.29, 1.82) is 0 Å². The van der Waals surface area contributed by atoms with Gasteiger partial charge < -0.3 is 19.8 Å². The van der Waals surface area contributed by atoms with E-state index < -0.39 is 11.6 Å². The van der Waals surface area contributed by atoms with E-state index in [9.17, 15) is 14.4 Å². The van der Waals surface area contributed by atoms with Gasteiger partial charge in [-0.2, -0.15) is 0 Å². The van der Waals surface area contributed by atoms with E-state index in [1.807, 2.05) is 18.2 Å². The molecule has 0 spiro atoms. The van der Waals surface area contributed by atoms with E-state index in [4.69, 9.17) is 9.15 Å². The first-order chi connectivity index (χ1) is 14.1. The first-order valence-corrected chi connectivity index (χ1v) is 9.52. The monoisotopic (exact) mass is 408 g/mol. The van der Waals surface area contributed by atoms with E-state index in [0.29, 0.717) is 28.1 Å². The minimum Gasteiger partial charge on any atom is -0.464 e. The number of para-hydroxylation sites is 1. The van der Waals surface area contributed by atoms with Crippen molar-refractivity contribution in [2.24, 2.45) is 0 Å². The van der Waals surface area contributed by atoms with Crippen LogP contribution < -0.4 is 10.6 Å². The van der Waals surface area contributed by atoms with Gasteiger partial charge in [0.2, 0.25) is 5.91 Å². The predicted molar refractivity (Wildman–Crippen MR) is 115 cm³/mol. The van der Waals surface area contributed by atoms with Gasteiger partial charge in [-0.1, -0.05) is 18.2 Å². The zero-order chi connectivity index (χ0) is 21.9. The Labute approximate surface area is 174 Å². The van der Waals surface area contributed by atoms with Crippen LogP contribution in [0, 0.1) is 0 Å². The van der Waals surface area contributed by atoms with Gasteiger partial charge in [-0.3, -0.25) is 9.59 Å². The molecule has 3 rings (SSSR count). The van der Waals surface area contributed by atoms with Gasteiger partial charge in [0.1, 0.15) is 17.4 Å². The topological polar surface area (TPSA) is 97.6 Å². The van der Waals surface area contributed by atoms with Gasteiger partial charge >= 0.3 is 5.97 Å². The number of hydrogen-bond acceptors (Lipinski definition) is 6. The molecule has 0 aliphatic carbocycles. The van der Waals surface area contributed by atoms with Gasteiger partial charge in [0.25, 0.3) is 0 Å². The highest BCUT2D eigenvalue weighted by Gasteiger charge is 2.20. The number of benzene rings is 2. The standard InChI is InChI=1S/C23H24N2O5/c1-14(26)25-18-10-9-15(22(28)30-23(2,3)4)11-19(18)24-12-20(27)17-13-29-21-8-6-5-7-16(17)21/h5-11,13,24H,12H2,1-4H3,(H,25,26). The summed E-state index contributed by atoms with van der Waals surface area (Å²) in [5.74, 6) is -0.946. The zero-order valence-corrected chi connectivity index (χ0v) is 17.4.